The maximum absolute atomic E-state index is 12.9. The van der Waals surface area contributed by atoms with E-state index in [1.165, 1.54) is 11.3 Å². The van der Waals surface area contributed by atoms with Gasteiger partial charge in [0.2, 0.25) is 5.91 Å². The summed E-state index contributed by atoms with van der Waals surface area (Å²) in [4.78, 5) is 37.4. The quantitative estimate of drug-likeness (QED) is 0.627. The van der Waals surface area contributed by atoms with Crippen molar-refractivity contribution >= 4 is 34.1 Å². The van der Waals surface area contributed by atoms with Gasteiger partial charge < -0.3 is 16.2 Å². The zero-order valence-electron chi connectivity index (χ0n) is 16.4. The third kappa shape index (κ3) is 4.74. The monoisotopic (exact) mass is 412 g/mol. The van der Waals surface area contributed by atoms with E-state index in [4.69, 9.17) is 5.73 Å². The fraction of sp³-hybridized carbons (Fsp3) is 0.318. The summed E-state index contributed by atoms with van der Waals surface area (Å²) >= 11 is 1.29. The molecule has 1 aromatic heterocycles. The van der Waals surface area contributed by atoms with Crippen molar-refractivity contribution in [3.8, 4) is 0 Å². The SMILES string of the molecule is CC1=C(C)CC(C(=O)Nc2sc(Cc3ccccc3)cc2C(N)=O)C(C(=O)O)C1. The predicted octanol–water partition coefficient (Wildman–Crippen LogP) is 3.82. The molecule has 1 aromatic carbocycles. The number of thiophene rings is 1. The van der Waals surface area contributed by atoms with Gasteiger partial charge in [-0.3, -0.25) is 14.4 Å². The van der Waals surface area contributed by atoms with E-state index in [9.17, 15) is 19.5 Å². The Morgan fingerprint density at radius 2 is 1.72 bits per heavy atom. The van der Waals surface area contributed by atoms with Crippen molar-refractivity contribution in [2.24, 2.45) is 17.6 Å². The first-order valence-electron chi connectivity index (χ1n) is 9.41. The molecule has 3 rings (SSSR count). The van der Waals surface area contributed by atoms with E-state index in [0.29, 0.717) is 24.3 Å². The summed E-state index contributed by atoms with van der Waals surface area (Å²) in [7, 11) is 0. The highest BCUT2D eigenvalue weighted by Gasteiger charge is 2.37. The first-order chi connectivity index (χ1) is 13.8. The number of carbonyl (C=O) groups is 3. The number of hydrogen-bond donors (Lipinski definition) is 3. The van der Waals surface area contributed by atoms with Crippen LogP contribution in [0.15, 0.2) is 47.5 Å². The summed E-state index contributed by atoms with van der Waals surface area (Å²) in [5.41, 5.74) is 8.89. The van der Waals surface area contributed by atoms with E-state index >= 15 is 0 Å². The molecule has 1 heterocycles. The summed E-state index contributed by atoms with van der Waals surface area (Å²) in [5.74, 6) is -3.46. The second-order valence-corrected chi connectivity index (χ2v) is 8.63. The molecule has 1 aliphatic rings. The Balaban J connectivity index is 1.83. The fourth-order valence-corrected chi connectivity index (χ4v) is 4.73. The maximum atomic E-state index is 12.9. The van der Waals surface area contributed by atoms with Crippen molar-refractivity contribution < 1.29 is 19.5 Å². The lowest BCUT2D eigenvalue weighted by Gasteiger charge is -2.29. The Morgan fingerprint density at radius 1 is 1.10 bits per heavy atom. The van der Waals surface area contributed by atoms with Gasteiger partial charge in [-0.25, -0.2) is 0 Å². The molecule has 7 heteroatoms. The molecule has 0 fully saturated rings. The summed E-state index contributed by atoms with van der Waals surface area (Å²) in [6.07, 6.45) is 1.36. The highest BCUT2D eigenvalue weighted by molar-refractivity contribution is 7.16. The van der Waals surface area contributed by atoms with E-state index in [1.807, 2.05) is 44.2 Å². The van der Waals surface area contributed by atoms with Crippen molar-refractivity contribution in [1.82, 2.24) is 0 Å². The number of hydrogen-bond acceptors (Lipinski definition) is 4. The molecular formula is C22H24N2O4S. The van der Waals surface area contributed by atoms with Crippen molar-refractivity contribution in [2.45, 2.75) is 33.1 Å². The van der Waals surface area contributed by atoms with E-state index < -0.39 is 23.7 Å². The smallest absolute Gasteiger partial charge is 0.307 e. The molecule has 0 saturated carbocycles. The zero-order chi connectivity index (χ0) is 21.1. The van der Waals surface area contributed by atoms with Crippen molar-refractivity contribution in [2.75, 3.05) is 5.32 Å². The molecule has 0 saturated heterocycles. The molecule has 0 spiro atoms. The Bertz CT molecular complexity index is 978. The van der Waals surface area contributed by atoms with Gasteiger partial charge in [-0.1, -0.05) is 41.5 Å². The van der Waals surface area contributed by atoms with Crippen LogP contribution >= 0.6 is 11.3 Å². The van der Waals surface area contributed by atoms with Gasteiger partial charge in [0, 0.05) is 11.3 Å². The molecule has 2 atom stereocenters. The summed E-state index contributed by atoms with van der Waals surface area (Å²) in [6, 6.07) is 11.5. The minimum atomic E-state index is -0.983. The lowest BCUT2D eigenvalue weighted by atomic mass is 9.76. The number of carboxylic acids is 1. The van der Waals surface area contributed by atoms with Gasteiger partial charge in [0.05, 0.1) is 17.4 Å². The van der Waals surface area contributed by atoms with Crippen LogP contribution in [0.1, 0.15) is 47.5 Å². The van der Waals surface area contributed by atoms with Gasteiger partial charge in [-0.2, -0.15) is 0 Å². The molecule has 0 radical (unpaired) electrons. The summed E-state index contributed by atoms with van der Waals surface area (Å²) < 4.78 is 0. The minimum absolute atomic E-state index is 0.250. The number of carboxylic acid groups (broad SMARTS) is 1. The molecule has 2 aromatic rings. The molecule has 1 aliphatic carbocycles. The molecule has 0 bridgehead atoms. The normalized spacial score (nSPS) is 19.1. The van der Waals surface area contributed by atoms with Crippen LogP contribution in [0.5, 0.6) is 0 Å². The van der Waals surface area contributed by atoms with Crippen LogP contribution in [-0.2, 0) is 16.0 Å². The topological polar surface area (TPSA) is 109 Å². The van der Waals surface area contributed by atoms with Crippen molar-refractivity contribution in [3.05, 3.63) is 63.5 Å². The standard InChI is InChI=1S/C22H24N2O4S/c1-12-8-16(17(22(27)28)9-13(12)2)20(26)24-21-18(19(23)25)11-15(29-21)10-14-6-4-3-5-7-14/h3-7,11,16-17H,8-10H2,1-2H3,(H2,23,25)(H,24,26)(H,27,28). The molecule has 0 aliphatic heterocycles. The van der Waals surface area contributed by atoms with Gasteiger partial charge >= 0.3 is 5.97 Å². The number of nitrogens with two attached hydrogens (primary N) is 1. The Labute approximate surface area is 173 Å². The van der Waals surface area contributed by atoms with Crippen LogP contribution in [0.25, 0.3) is 0 Å². The van der Waals surface area contributed by atoms with Crippen LogP contribution in [0.3, 0.4) is 0 Å². The van der Waals surface area contributed by atoms with Crippen LogP contribution in [0, 0.1) is 11.8 Å². The lowest BCUT2D eigenvalue weighted by molar-refractivity contribution is -0.146. The number of nitrogens with one attached hydrogen (secondary N) is 1. The molecule has 4 N–H and O–H groups in total. The van der Waals surface area contributed by atoms with Crippen LogP contribution in [0.2, 0.25) is 0 Å². The molecular weight excluding hydrogens is 388 g/mol. The molecule has 2 unspecified atom stereocenters. The number of primary amides is 1. The van der Waals surface area contributed by atoms with Crippen molar-refractivity contribution in [3.63, 3.8) is 0 Å². The second kappa shape index (κ2) is 8.61. The van der Waals surface area contributed by atoms with Gasteiger partial charge in [0.1, 0.15) is 5.00 Å². The molecule has 29 heavy (non-hydrogen) atoms. The van der Waals surface area contributed by atoms with Gasteiger partial charge in [0.15, 0.2) is 0 Å². The summed E-state index contributed by atoms with van der Waals surface area (Å²) in [5, 5.41) is 12.7. The minimum Gasteiger partial charge on any atom is -0.481 e. The van der Waals surface area contributed by atoms with Crippen LogP contribution < -0.4 is 11.1 Å². The largest absolute Gasteiger partial charge is 0.481 e. The lowest BCUT2D eigenvalue weighted by Crippen LogP contribution is -2.36. The van der Waals surface area contributed by atoms with E-state index in [0.717, 1.165) is 21.6 Å². The van der Waals surface area contributed by atoms with E-state index in [2.05, 4.69) is 5.32 Å². The average molecular weight is 413 g/mol. The molecule has 2 amide bonds. The van der Waals surface area contributed by atoms with Crippen LogP contribution in [-0.4, -0.2) is 22.9 Å². The number of anilines is 1. The third-order valence-electron chi connectivity index (χ3n) is 5.43. The number of carbonyl (C=O) groups excluding carboxylic acids is 2. The molecule has 6 nitrogen and oxygen atoms in total. The molecule has 152 valence electrons. The predicted molar refractivity (Wildman–Crippen MR) is 113 cm³/mol. The number of benzene rings is 1. The van der Waals surface area contributed by atoms with Gasteiger partial charge in [0.25, 0.3) is 5.91 Å². The Hall–Kier alpha value is -2.93. The first-order valence-corrected chi connectivity index (χ1v) is 10.2. The second-order valence-electron chi connectivity index (χ2n) is 7.49. The van der Waals surface area contributed by atoms with Gasteiger partial charge in [-0.15, -0.1) is 11.3 Å². The zero-order valence-corrected chi connectivity index (χ0v) is 17.2. The van der Waals surface area contributed by atoms with Crippen LogP contribution in [0.4, 0.5) is 5.00 Å². The number of allylic oxidation sites excluding steroid dienone is 2. The van der Waals surface area contributed by atoms with Crippen molar-refractivity contribution in [1.29, 1.82) is 0 Å². The maximum Gasteiger partial charge on any atom is 0.307 e. The first kappa shape index (κ1) is 20.8. The fourth-order valence-electron chi connectivity index (χ4n) is 3.63. The number of aliphatic carboxylic acids is 1. The van der Waals surface area contributed by atoms with E-state index in [1.54, 1.807) is 6.07 Å². The van der Waals surface area contributed by atoms with E-state index in [-0.39, 0.29) is 11.5 Å². The summed E-state index contributed by atoms with van der Waals surface area (Å²) in [6.45, 7) is 3.82. The highest BCUT2D eigenvalue weighted by atomic mass is 32.1. The average Bonchev–Trinajstić information content (AvgIpc) is 3.06. The third-order valence-corrected chi connectivity index (χ3v) is 6.48. The number of amides is 2. The number of rotatable bonds is 6. The van der Waals surface area contributed by atoms with Gasteiger partial charge in [-0.05, 0) is 38.3 Å². The highest BCUT2D eigenvalue weighted by Crippen LogP contribution is 2.36. The Kier molecular flexibility index (Phi) is 6.17. The Morgan fingerprint density at radius 3 is 2.31 bits per heavy atom.